The Bertz CT molecular complexity index is 1440. The lowest BCUT2D eigenvalue weighted by atomic mass is 10.0. The Balaban J connectivity index is 1.29. The van der Waals surface area contributed by atoms with E-state index in [9.17, 15) is 14.4 Å². The van der Waals surface area contributed by atoms with E-state index in [1.165, 1.54) is 51.4 Å². The molecule has 0 spiro atoms. The van der Waals surface area contributed by atoms with Gasteiger partial charge in [-0.15, -0.1) is 0 Å². The molecule has 0 fully saturated rings. The molecule has 0 saturated heterocycles. The van der Waals surface area contributed by atoms with E-state index in [1.54, 1.807) is 55.5 Å². The average Bonchev–Trinajstić information content (AvgIpc) is 3.12. The fraction of sp³-hybridized carbons (Fsp3) is 0.465. The molecular formula is C43H56O7. The highest BCUT2D eigenvalue weighted by atomic mass is 16.5. The van der Waals surface area contributed by atoms with Gasteiger partial charge in [-0.05, 0) is 99.2 Å². The largest absolute Gasteiger partial charge is 0.494 e. The van der Waals surface area contributed by atoms with Crippen molar-refractivity contribution in [3.8, 4) is 22.6 Å². The molecule has 7 heteroatoms. The van der Waals surface area contributed by atoms with Crippen LogP contribution in [-0.2, 0) is 14.3 Å². The third-order valence-corrected chi connectivity index (χ3v) is 8.52. The van der Waals surface area contributed by atoms with Crippen molar-refractivity contribution in [3.63, 3.8) is 0 Å². The van der Waals surface area contributed by atoms with E-state index in [0.29, 0.717) is 35.7 Å². The van der Waals surface area contributed by atoms with Gasteiger partial charge in [0.2, 0.25) is 0 Å². The van der Waals surface area contributed by atoms with Gasteiger partial charge in [0.1, 0.15) is 11.5 Å². The van der Waals surface area contributed by atoms with Crippen molar-refractivity contribution in [3.05, 3.63) is 96.1 Å². The highest BCUT2D eigenvalue weighted by molar-refractivity contribution is 5.91. The summed E-state index contributed by atoms with van der Waals surface area (Å²) >= 11 is 0. The summed E-state index contributed by atoms with van der Waals surface area (Å²) < 4.78 is 22.2. The first kappa shape index (κ1) is 40.0. The maximum atomic E-state index is 12.7. The Morgan fingerprint density at radius 1 is 0.600 bits per heavy atom. The molecule has 0 bridgehead atoms. The van der Waals surface area contributed by atoms with Crippen molar-refractivity contribution in [2.75, 3.05) is 13.2 Å². The molecule has 0 amide bonds. The molecule has 0 N–H and O–H groups in total. The first-order valence-electron chi connectivity index (χ1n) is 18.5. The summed E-state index contributed by atoms with van der Waals surface area (Å²) in [5.41, 5.74) is 3.33. The molecule has 3 aromatic carbocycles. The predicted molar refractivity (Wildman–Crippen MR) is 200 cm³/mol. The summed E-state index contributed by atoms with van der Waals surface area (Å²) in [6.07, 6.45) is 15.5. The maximum absolute atomic E-state index is 12.7. The van der Waals surface area contributed by atoms with Gasteiger partial charge >= 0.3 is 17.9 Å². The third-order valence-electron chi connectivity index (χ3n) is 8.52. The molecule has 0 saturated carbocycles. The number of carbonyl (C=O) groups excluding carboxylic acids is 3. The monoisotopic (exact) mass is 684 g/mol. The summed E-state index contributed by atoms with van der Waals surface area (Å²) in [7, 11) is 0. The van der Waals surface area contributed by atoms with Gasteiger partial charge in [-0.3, -0.25) is 0 Å². The SMILES string of the molecule is C=C(C)C(=O)OCCCCCCCCCCCOc1ccc(C(=O)Oc2ccc(-c3ccc(C(=O)O[C@H](C)CCCCCC)cc3)cc2)cc1. The minimum atomic E-state index is -0.432. The third kappa shape index (κ3) is 15.4. The number of carbonyl (C=O) groups is 3. The van der Waals surface area contributed by atoms with Gasteiger partial charge in [0.15, 0.2) is 0 Å². The predicted octanol–water partition coefficient (Wildman–Crippen LogP) is 11.1. The fourth-order valence-corrected chi connectivity index (χ4v) is 5.46. The Morgan fingerprint density at radius 3 is 1.66 bits per heavy atom. The lowest BCUT2D eigenvalue weighted by Crippen LogP contribution is -2.15. The minimum absolute atomic E-state index is 0.0982. The Morgan fingerprint density at radius 2 is 1.08 bits per heavy atom. The van der Waals surface area contributed by atoms with E-state index in [-0.39, 0.29) is 18.0 Å². The van der Waals surface area contributed by atoms with Gasteiger partial charge in [-0.1, -0.05) is 102 Å². The number of unbranched alkanes of at least 4 members (excludes halogenated alkanes) is 11. The molecule has 0 unspecified atom stereocenters. The van der Waals surface area contributed by atoms with Gasteiger partial charge in [0, 0.05) is 5.57 Å². The fourth-order valence-electron chi connectivity index (χ4n) is 5.46. The van der Waals surface area contributed by atoms with Crippen molar-refractivity contribution in [2.45, 2.75) is 117 Å². The molecule has 50 heavy (non-hydrogen) atoms. The number of hydrogen-bond donors (Lipinski definition) is 0. The number of hydrogen-bond acceptors (Lipinski definition) is 7. The molecule has 7 nitrogen and oxygen atoms in total. The van der Waals surface area contributed by atoms with Crippen LogP contribution in [0.3, 0.4) is 0 Å². The van der Waals surface area contributed by atoms with Crippen LogP contribution < -0.4 is 9.47 Å². The van der Waals surface area contributed by atoms with E-state index < -0.39 is 5.97 Å². The van der Waals surface area contributed by atoms with Crippen LogP contribution in [0.4, 0.5) is 0 Å². The number of esters is 3. The van der Waals surface area contributed by atoms with Crippen molar-refractivity contribution in [1.82, 2.24) is 0 Å². The van der Waals surface area contributed by atoms with Crippen LogP contribution in [0.1, 0.15) is 131 Å². The number of rotatable bonds is 24. The zero-order valence-corrected chi connectivity index (χ0v) is 30.4. The Labute approximate surface area is 299 Å². The van der Waals surface area contributed by atoms with Crippen LogP contribution >= 0.6 is 0 Å². The van der Waals surface area contributed by atoms with E-state index in [1.807, 2.05) is 31.2 Å². The second kappa shape index (κ2) is 23.1. The first-order valence-corrected chi connectivity index (χ1v) is 18.5. The van der Waals surface area contributed by atoms with Crippen molar-refractivity contribution in [2.24, 2.45) is 0 Å². The van der Waals surface area contributed by atoms with Gasteiger partial charge in [0.05, 0.1) is 30.4 Å². The molecule has 1 atom stereocenters. The lowest BCUT2D eigenvalue weighted by molar-refractivity contribution is -0.139. The van der Waals surface area contributed by atoms with E-state index in [4.69, 9.17) is 18.9 Å². The molecule has 0 aromatic heterocycles. The normalized spacial score (nSPS) is 11.4. The zero-order chi connectivity index (χ0) is 36.0. The molecule has 0 heterocycles. The van der Waals surface area contributed by atoms with Crippen molar-refractivity contribution < 1.29 is 33.3 Å². The van der Waals surface area contributed by atoms with E-state index in [0.717, 1.165) is 55.4 Å². The molecule has 0 aliphatic rings. The highest BCUT2D eigenvalue weighted by Crippen LogP contribution is 2.24. The smallest absolute Gasteiger partial charge is 0.343 e. The average molecular weight is 685 g/mol. The Kier molecular flexibility index (Phi) is 18.5. The number of benzene rings is 3. The molecule has 0 aliphatic carbocycles. The van der Waals surface area contributed by atoms with Crippen LogP contribution in [0, 0.1) is 0 Å². The van der Waals surface area contributed by atoms with Crippen LogP contribution in [0.15, 0.2) is 84.9 Å². The van der Waals surface area contributed by atoms with E-state index >= 15 is 0 Å². The van der Waals surface area contributed by atoms with Crippen LogP contribution in [0.25, 0.3) is 11.1 Å². The highest BCUT2D eigenvalue weighted by Gasteiger charge is 2.13. The lowest BCUT2D eigenvalue weighted by Gasteiger charge is -2.13. The molecule has 3 rings (SSSR count). The summed E-state index contributed by atoms with van der Waals surface area (Å²) in [4.78, 5) is 36.6. The quantitative estimate of drug-likeness (QED) is 0.0401. The topological polar surface area (TPSA) is 88.1 Å². The van der Waals surface area contributed by atoms with Gasteiger partial charge in [-0.2, -0.15) is 0 Å². The minimum Gasteiger partial charge on any atom is -0.494 e. The second-order valence-electron chi connectivity index (χ2n) is 13.0. The molecular weight excluding hydrogens is 628 g/mol. The zero-order valence-electron chi connectivity index (χ0n) is 30.4. The van der Waals surface area contributed by atoms with Crippen LogP contribution in [0.2, 0.25) is 0 Å². The van der Waals surface area contributed by atoms with Gasteiger partial charge in [0.25, 0.3) is 0 Å². The van der Waals surface area contributed by atoms with Crippen molar-refractivity contribution in [1.29, 1.82) is 0 Å². The van der Waals surface area contributed by atoms with Gasteiger partial charge < -0.3 is 18.9 Å². The van der Waals surface area contributed by atoms with E-state index in [2.05, 4.69) is 13.5 Å². The first-order chi connectivity index (χ1) is 24.3. The molecule has 270 valence electrons. The van der Waals surface area contributed by atoms with Crippen molar-refractivity contribution >= 4 is 17.9 Å². The number of ether oxygens (including phenoxy) is 4. The Hall–Kier alpha value is -4.39. The molecule has 0 aliphatic heterocycles. The second-order valence-corrected chi connectivity index (χ2v) is 13.0. The summed E-state index contributed by atoms with van der Waals surface area (Å²) in [5, 5.41) is 0. The summed E-state index contributed by atoms with van der Waals surface area (Å²) in [6, 6.07) is 21.7. The van der Waals surface area contributed by atoms with Gasteiger partial charge in [-0.25, -0.2) is 14.4 Å². The molecule has 3 aromatic rings. The maximum Gasteiger partial charge on any atom is 0.343 e. The van der Waals surface area contributed by atoms with Crippen LogP contribution in [0.5, 0.6) is 11.5 Å². The summed E-state index contributed by atoms with van der Waals surface area (Å²) in [6.45, 7) is 10.5. The summed E-state index contributed by atoms with van der Waals surface area (Å²) in [5.74, 6) is 0.151. The standard InChI is InChI=1S/C43H56O7/c1-5-6-7-15-18-34(4)49-42(45)37-21-19-35(20-22-37)36-23-29-40(30-24-36)50-43(46)38-25-27-39(28-26-38)47-31-16-13-11-9-8-10-12-14-17-32-48-41(44)33(2)3/h19-30,34H,2,5-18,31-32H2,1,3-4H3/t34-/m1/s1. The van der Waals surface area contributed by atoms with Crippen LogP contribution in [-0.4, -0.2) is 37.2 Å². The molecule has 0 radical (unpaired) electrons.